The number of ether oxygens (including phenoxy) is 1. The molecule has 0 saturated carbocycles. The maximum absolute atomic E-state index is 9.71. The molecule has 0 unspecified atom stereocenters. The zero-order chi connectivity index (χ0) is 10.3. The molecule has 1 saturated heterocycles. The lowest BCUT2D eigenvalue weighted by Crippen LogP contribution is -2.53. The van der Waals surface area contributed by atoms with E-state index in [0.717, 1.165) is 0 Å². The number of aliphatic hydroxyl groups excluding tert-OH is 2. The van der Waals surface area contributed by atoms with Crippen LogP contribution in [0.1, 0.15) is 0 Å². The molecule has 6 heteroatoms. The number of nitrogens with two attached hydrogens (primary N) is 1. The Morgan fingerprint density at radius 2 is 2.21 bits per heavy atom. The molecule has 5 nitrogen and oxygen atoms in total. The highest BCUT2D eigenvalue weighted by molar-refractivity contribution is 8.14. The number of thioether (sulfide) groups is 1. The normalized spacial score (nSPS) is 47.0. The van der Waals surface area contributed by atoms with Crippen LogP contribution < -0.4 is 5.73 Å². The summed E-state index contributed by atoms with van der Waals surface area (Å²) in [7, 11) is 0. The van der Waals surface area contributed by atoms with Crippen LogP contribution in [0.3, 0.4) is 0 Å². The molecule has 4 N–H and O–H groups in total. The minimum absolute atomic E-state index is 0.309. The van der Waals surface area contributed by atoms with Crippen molar-refractivity contribution in [3.05, 3.63) is 12.7 Å². The van der Waals surface area contributed by atoms with Gasteiger partial charge in [-0.15, -0.1) is 6.58 Å². The molecule has 2 aliphatic rings. The first kappa shape index (κ1) is 9.97. The van der Waals surface area contributed by atoms with Crippen LogP contribution >= 0.6 is 11.8 Å². The number of aliphatic hydroxyl groups is 2. The van der Waals surface area contributed by atoms with Gasteiger partial charge in [0.25, 0.3) is 0 Å². The first-order valence-electron chi connectivity index (χ1n) is 4.27. The van der Waals surface area contributed by atoms with E-state index in [4.69, 9.17) is 10.5 Å². The Bertz CT molecular complexity index is 284. The number of nitrogens with zero attached hydrogens (tertiary/aromatic N) is 1. The van der Waals surface area contributed by atoms with Crippen molar-refractivity contribution in [1.82, 2.24) is 0 Å². The van der Waals surface area contributed by atoms with Crippen molar-refractivity contribution < 1.29 is 14.9 Å². The minimum atomic E-state index is -0.982. The van der Waals surface area contributed by atoms with E-state index >= 15 is 0 Å². The van der Waals surface area contributed by atoms with Gasteiger partial charge in [-0.2, -0.15) is 0 Å². The van der Waals surface area contributed by atoms with Gasteiger partial charge in [0.05, 0.1) is 0 Å². The van der Waals surface area contributed by atoms with E-state index in [9.17, 15) is 10.2 Å². The molecule has 0 bridgehead atoms. The number of aliphatic imine (C=N–C) groups is 1. The Kier molecular flexibility index (Phi) is 2.52. The van der Waals surface area contributed by atoms with Crippen LogP contribution in [0, 0.1) is 0 Å². The van der Waals surface area contributed by atoms with E-state index < -0.39 is 24.4 Å². The maximum atomic E-state index is 9.71. The molecule has 0 spiro atoms. The summed E-state index contributed by atoms with van der Waals surface area (Å²) in [5.74, 6) is 0. The monoisotopic (exact) mass is 216 g/mol. The van der Waals surface area contributed by atoms with Crippen molar-refractivity contribution in [3.63, 3.8) is 0 Å². The summed E-state index contributed by atoms with van der Waals surface area (Å²) in [6.45, 7) is 3.53. The lowest BCUT2D eigenvalue weighted by molar-refractivity contribution is -0.135. The van der Waals surface area contributed by atoms with Crippen LogP contribution in [-0.2, 0) is 4.74 Å². The maximum Gasteiger partial charge on any atom is 0.157 e. The highest BCUT2D eigenvalue weighted by Crippen LogP contribution is 2.35. The Morgan fingerprint density at radius 1 is 1.50 bits per heavy atom. The predicted molar refractivity (Wildman–Crippen MR) is 53.9 cm³/mol. The van der Waals surface area contributed by atoms with E-state index in [1.54, 1.807) is 0 Å². The zero-order valence-corrected chi connectivity index (χ0v) is 8.22. The van der Waals surface area contributed by atoms with E-state index in [2.05, 4.69) is 11.6 Å². The summed E-state index contributed by atoms with van der Waals surface area (Å²) in [4.78, 5) is 4.00. The average Bonchev–Trinajstić information content (AvgIpc) is 2.52. The molecule has 78 valence electrons. The second-order valence-electron chi connectivity index (χ2n) is 3.26. The van der Waals surface area contributed by atoms with Crippen molar-refractivity contribution in [2.45, 2.75) is 29.8 Å². The van der Waals surface area contributed by atoms with Crippen LogP contribution in [0.15, 0.2) is 17.6 Å². The summed E-state index contributed by atoms with van der Waals surface area (Å²) >= 11 is 1.26. The molecule has 0 amide bonds. The Morgan fingerprint density at radius 3 is 2.86 bits per heavy atom. The third-order valence-corrected chi connectivity index (χ3v) is 3.32. The van der Waals surface area contributed by atoms with Gasteiger partial charge in [0, 0.05) is 0 Å². The molecular formula is C8H12N2O3S. The van der Waals surface area contributed by atoms with E-state index in [1.807, 2.05) is 0 Å². The number of amidine groups is 1. The van der Waals surface area contributed by atoms with Gasteiger partial charge in [-0.3, -0.25) is 4.99 Å². The van der Waals surface area contributed by atoms with Gasteiger partial charge in [-0.25, -0.2) is 0 Å². The topological polar surface area (TPSA) is 88.1 Å². The fourth-order valence-corrected chi connectivity index (χ4v) is 2.56. The molecular weight excluding hydrogens is 204 g/mol. The van der Waals surface area contributed by atoms with Crippen LogP contribution in [0.25, 0.3) is 0 Å². The molecule has 2 rings (SSSR count). The third kappa shape index (κ3) is 1.44. The minimum Gasteiger partial charge on any atom is -0.388 e. The van der Waals surface area contributed by atoms with Crippen molar-refractivity contribution in [2.75, 3.05) is 0 Å². The first-order chi connectivity index (χ1) is 6.63. The summed E-state index contributed by atoms with van der Waals surface area (Å²) in [5, 5.41) is 19.7. The Balaban J connectivity index is 2.18. The fraction of sp³-hybridized carbons (Fsp3) is 0.625. The van der Waals surface area contributed by atoms with E-state index in [0.29, 0.717) is 5.17 Å². The van der Waals surface area contributed by atoms with Gasteiger partial charge in [0.15, 0.2) is 5.17 Å². The number of rotatable bonds is 1. The first-order valence-corrected chi connectivity index (χ1v) is 5.15. The fourth-order valence-electron chi connectivity index (χ4n) is 1.60. The van der Waals surface area contributed by atoms with Gasteiger partial charge in [0.2, 0.25) is 0 Å². The smallest absolute Gasteiger partial charge is 0.157 e. The molecule has 0 aliphatic carbocycles. The summed E-state index contributed by atoms with van der Waals surface area (Å²) in [6.07, 6.45) is -1.01. The van der Waals surface area contributed by atoms with Crippen molar-refractivity contribution in [2.24, 2.45) is 10.7 Å². The lowest BCUT2D eigenvalue weighted by atomic mass is 9.98. The van der Waals surface area contributed by atoms with Crippen molar-refractivity contribution >= 4 is 16.9 Å². The molecule has 2 aliphatic heterocycles. The number of hydrogen-bond donors (Lipinski definition) is 3. The van der Waals surface area contributed by atoms with Crippen molar-refractivity contribution in [1.29, 1.82) is 0 Å². The molecule has 2 heterocycles. The average molecular weight is 216 g/mol. The molecule has 0 aromatic rings. The molecule has 1 fully saturated rings. The molecule has 0 aromatic heterocycles. The van der Waals surface area contributed by atoms with Crippen molar-refractivity contribution in [3.8, 4) is 0 Å². The standard InChI is InChI=1S/C8H12N2O3S/c1-2-3-5(11)6(12)4-7(13-3)14-8(9)10-4/h2-7,11-12H,1H2,(H2,9,10)/t3-,4-,5-,6-,7-/m1/s1. The Hall–Kier alpha value is -0.560. The van der Waals surface area contributed by atoms with E-state index in [1.165, 1.54) is 17.8 Å². The molecule has 14 heavy (non-hydrogen) atoms. The van der Waals surface area contributed by atoms with E-state index in [-0.39, 0.29) is 5.44 Å². The van der Waals surface area contributed by atoms with Gasteiger partial charge in [-0.05, 0) is 0 Å². The summed E-state index contributed by atoms with van der Waals surface area (Å²) in [6, 6.07) is -0.466. The van der Waals surface area contributed by atoms with Gasteiger partial charge in [0.1, 0.15) is 29.8 Å². The highest BCUT2D eigenvalue weighted by Gasteiger charge is 2.46. The number of hydrogen-bond acceptors (Lipinski definition) is 6. The zero-order valence-electron chi connectivity index (χ0n) is 7.41. The van der Waals surface area contributed by atoms with Crippen LogP contribution in [-0.4, -0.2) is 45.2 Å². The second-order valence-corrected chi connectivity index (χ2v) is 4.38. The number of fused-ring (bicyclic) bond motifs is 1. The highest BCUT2D eigenvalue weighted by atomic mass is 32.2. The Labute approximate surface area is 85.7 Å². The molecule has 0 radical (unpaired) electrons. The largest absolute Gasteiger partial charge is 0.388 e. The van der Waals surface area contributed by atoms with Gasteiger partial charge >= 0.3 is 0 Å². The van der Waals surface area contributed by atoms with Crippen LogP contribution in [0.4, 0.5) is 0 Å². The molecule has 5 atom stereocenters. The quantitative estimate of drug-likeness (QED) is 0.492. The lowest BCUT2D eigenvalue weighted by Gasteiger charge is -2.36. The summed E-state index contributed by atoms with van der Waals surface area (Å²) < 4.78 is 5.45. The predicted octanol–water partition coefficient (Wildman–Crippen LogP) is -0.951. The van der Waals surface area contributed by atoms with Gasteiger partial charge < -0.3 is 20.7 Å². The third-order valence-electron chi connectivity index (χ3n) is 2.35. The summed E-state index contributed by atoms with van der Waals surface area (Å²) in [5.41, 5.74) is 5.19. The van der Waals surface area contributed by atoms with Crippen LogP contribution in [0.2, 0.25) is 0 Å². The second kappa shape index (κ2) is 3.54. The molecule has 0 aromatic carbocycles. The van der Waals surface area contributed by atoms with Gasteiger partial charge in [-0.1, -0.05) is 17.8 Å². The van der Waals surface area contributed by atoms with Crippen LogP contribution in [0.5, 0.6) is 0 Å². The SMILES string of the molecule is C=C[C@H]1O[C@@H]2SC(N)=N[C@@H]2[C@@H](O)[C@@H]1O.